The van der Waals surface area contributed by atoms with Crippen molar-refractivity contribution in [2.75, 3.05) is 0 Å². The Hall–Kier alpha value is -5.17. The summed E-state index contributed by atoms with van der Waals surface area (Å²) in [6, 6.07) is 31.1. The molecule has 0 amide bonds. The highest BCUT2D eigenvalue weighted by Crippen LogP contribution is 2.48. The summed E-state index contributed by atoms with van der Waals surface area (Å²) in [7, 11) is -2.67. The number of hydrogen-bond acceptors (Lipinski definition) is 4. The highest BCUT2D eigenvalue weighted by atomic mass is 32.1. The molecule has 0 saturated heterocycles. The molecule has 246 valence electrons. The predicted octanol–water partition coefficient (Wildman–Crippen LogP) is 11.8. The lowest BCUT2D eigenvalue weighted by Crippen LogP contribution is -2.47. The Kier molecular flexibility index (Phi) is 4.84. The number of rotatable bonds is 4. The number of aryl methyl sites for hydroxylation is 2. The lowest BCUT2D eigenvalue weighted by molar-refractivity contribution is 0.464. The highest BCUT2D eigenvalue weighted by Gasteiger charge is 2.36. The number of nitrogens with zero attached hydrogens (tertiary/aromatic N) is 2. The molecule has 1 aliphatic heterocycles. The fourth-order valence-electron chi connectivity index (χ4n) is 7.21. The van der Waals surface area contributed by atoms with Crippen LogP contribution in [-0.4, -0.2) is 17.7 Å². The summed E-state index contributed by atoms with van der Waals surface area (Å²) >= 11 is 1.34. The van der Waals surface area contributed by atoms with Gasteiger partial charge in [-0.1, -0.05) is 97.1 Å². The first-order valence-electron chi connectivity index (χ1n) is 21.8. The van der Waals surface area contributed by atoms with Gasteiger partial charge in [0, 0.05) is 31.4 Å². The summed E-state index contributed by atoms with van der Waals surface area (Å²) < 4.78 is 115. The Bertz CT molecular complexity index is 3090. The van der Waals surface area contributed by atoms with Gasteiger partial charge >= 0.3 is 0 Å². The van der Waals surface area contributed by atoms with Gasteiger partial charge in [-0.15, -0.1) is 0 Å². The molecule has 4 nitrogen and oxygen atoms in total. The number of imidazole rings is 1. The minimum atomic E-state index is -3.02. The van der Waals surface area contributed by atoms with Crippen LogP contribution in [0.4, 0.5) is 0 Å². The normalized spacial score (nSPS) is 17.9. The monoisotopic (exact) mass is 697 g/mol. The smallest absolute Gasteiger partial charge is 0.280 e. The second-order valence-electron chi connectivity index (χ2n) is 12.9. The molecule has 0 spiro atoms. The molecule has 8 aromatic rings. The Labute approximate surface area is 313 Å². The SMILES string of the molecule is [2H]C([2H])([2H])c1ccc(-c2ccc(C([2H])([2H])C)c(-c3cccc4c3sc3nc5ccccc5n34)c2C([2H])([2H])[2H])c(C([2H])([2H])[2H])c1-c1cccc2c1Oc1ccccc1[Si](C)(C)O2. The number of fused-ring (bicyclic) bond motifs is 7. The highest BCUT2D eigenvalue weighted by molar-refractivity contribution is 7.24. The summed E-state index contributed by atoms with van der Waals surface area (Å²) in [5.74, 6) is 0.940. The number of aromatic nitrogens is 2. The molecule has 6 heteroatoms. The van der Waals surface area contributed by atoms with Gasteiger partial charge in [0.1, 0.15) is 11.5 Å². The van der Waals surface area contributed by atoms with E-state index in [-0.39, 0.29) is 50.3 Å². The van der Waals surface area contributed by atoms with Crippen LogP contribution in [0.5, 0.6) is 17.2 Å². The molecule has 0 unspecified atom stereocenters. The van der Waals surface area contributed by atoms with Crippen LogP contribution in [-0.2, 0) is 6.37 Å². The van der Waals surface area contributed by atoms with Gasteiger partial charge in [0.05, 0.1) is 21.3 Å². The molecule has 0 aliphatic carbocycles. The van der Waals surface area contributed by atoms with Crippen LogP contribution in [0, 0.1) is 20.6 Å². The van der Waals surface area contributed by atoms with Crippen LogP contribution in [0.2, 0.25) is 13.1 Å². The molecule has 0 bridgehead atoms. The van der Waals surface area contributed by atoms with E-state index < -0.39 is 40.8 Å². The summed E-state index contributed by atoms with van der Waals surface area (Å²) in [5.41, 5.74) is 2.00. The number of hydrogen-bond donors (Lipinski definition) is 0. The van der Waals surface area contributed by atoms with Crippen molar-refractivity contribution in [3.63, 3.8) is 0 Å². The van der Waals surface area contributed by atoms with Crippen molar-refractivity contribution in [2.24, 2.45) is 0 Å². The number of para-hydroxylation sites is 4. The maximum atomic E-state index is 9.12. The van der Waals surface area contributed by atoms with Crippen molar-refractivity contribution in [3.05, 3.63) is 131 Å². The lowest BCUT2D eigenvalue weighted by atomic mass is 9.84. The van der Waals surface area contributed by atoms with Gasteiger partial charge in [-0.05, 0) is 115 Å². The zero-order valence-electron chi connectivity index (χ0n) is 38.5. The first-order chi connectivity index (χ1) is 28.6. The van der Waals surface area contributed by atoms with Crippen LogP contribution in [0.25, 0.3) is 59.6 Å². The van der Waals surface area contributed by atoms with E-state index >= 15 is 0 Å². The van der Waals surface area contributed by atoms with Gasteiger partial charge in [0.25, 0.3) is 8.32 Å². The minimum absolute atomic E-state index is 0.00525. The lowest BCUT2D eigenvalue weighted by Gasteiger charge is -2.23. The van der Waals surface area contributed by atoms with E-state index in [1.54, 1.807) is 36.4 Å². The number of thiazole rings is 1. The third-order valence-electron chi connectivity index (χ3n) is 9.56. The molecule has 50 heavy (non-hydrogen) atoms. The van der Waals surface area contributed by atoms with Crippen molar-refractivity contribution in [2.45, 2.75) is 46.9 Å². The number of benzene rings is 6. The molecule has 0 radical (unpaired) electrons. The summed E-state index contributed by atoms with van der Waals surface area (Å²) in [6.07, 6.45) is -2.06. The van der Waals surface area contributed by atoms with E-state index in [4.69, 9.17) is 29.2 Å². The first kappa shape index (κ1) is 21.1. The van der Waals surface area contributed by atoms with E-state index in [0.29, 0.717) is 26.7 Å². The topological polar surface area (TPSA) is 35.8 Å². The maximum Gasteiger partial charge on any atom is 0.280 e. The van der Waals surface area contributed by atoms with E-state index in [9.17, 15) is 0 Å². The van der Waals surface area contributed by atoms with Gasteiger partial charge in [-0.3, -0.25) is 4.40 Å². The van der Waals surface area contributed by atoms with E-state index in [1.807, 2.05) is 66.0 Å². The van der Waals surface area contributed by atoms with Crippen molar-refractivity contribution >= 4 is 51.1 Å². The summed E-state index contributed by atoms with van der Waals surface area (Å²) in [5, 5.41) is 0.853. The van der Waals surface area contributed by atoms with Gasteiger partial charge in [0.15, 0.2) is 10.7 Å². The van der Waals surface area contributed by atoms with Crippen molar-refractivity contribution in [1.29, 1.82) is 0 Å². The van der Waals surface area contributed by atoms with Gasteiger partial charge < -0.3 is 9.16 Å². The molecule has 0 fully saturated rings. The molecule has 0 atom stereocenters. The molecule has 6 aromatic carbocycles. The van der Waals surface area contributed by atoms with Crippen molar-refractivity contribution in [3.8, 4) is 50.6 Å². The third-order valence-corrected chi connectivity index (χ3v) is 13.1. The Balaban J connectivity index is 1.40. The quantitative estimate of drug-likeness (QED) is 0.172. The van der Waals surface area contributed by atoms with Gasteiger partial charge in [-0.2, -0.15) is 0 Å². The maximum absolute atomic E-state index is 9.12. The molecule has 9 rings (SSSR count). The molecule has 0 saturated carbocycles. The van der Waals surface area contributed by atoms with E-state index in [2.05, 4.69) is 0 Å². The molecule has 1 aliphatic rings. The molecular weight excluding hydrogens is 649 g/mol. The third kappa shape index (κ3) is 4.59. The minimum Gasteiger partial charge on any atom is -0.537 e. The van der Waals surface area contributed by atoms with E-state index in [0.717, 1.165) is 21.7 Å². The largest absolute Gasteiger partial charge is 0.537 e. The molecule has 2 aromatic heterocycles. The van der Waals surface area contributed by atoms with Crippen molar-refractivity contribution < 1.29 is 24.2 Å². The molecular formula is C44H38N2O2SSi. The average Bonchev–Trinajstić information content (AvgIpc) is 3.69. The first-order valence-corrected chi connectivity index (χ1v) is 20.0. The number of ether oxygens (including phenoxy) is 1. The second-order valence-corrected chi connectivity index (χ2v) is 17.6. The zero-order valence-corrected chi connectivity index (χ0v) is 29.3. The zero-order chi connectivity index (χ0) is 43.6. The second kappa shape index (κ2) is 11.4. The Morgan fingerprint density at radius 3 is 2.28 bits per heavy atom. The van der Waals surface area contributed by atoms with E-state index in [1.165, 1.54) is 42.5 Å². The van der Waals surface area contributed by atoms with Crippen LogP contribution in [0.1, 0.15) is 44.3 Å². The summed E-state index contributed by atoms with van der Waals surface area (Å²) in [6.45, 7) is -3.42. The van der Waals surface area contributed by atoms with Gasteiger partial charge in [0.2, 0.25) is 0 Å². The predicted molar refractivity (Wildman–Crippen MR) is 212 cm³/mol. The molecule has 0 N–H and O–H groups in total. The van der Waals surface area contributed by atoms with Gasteiger partial charge in [-0.25, -0.2) is 4.98 Å². The fraction of sp³-hybridized carbons (Fsp3) is 0.159. The van der Waals surface area contributed by atoms with Crippen LogP contribution < -0.4 is 14.3 Å². The summed E-state index contributed by atoms with van der Waals surface area (Å²) in [4.78, 5) is 5.49. The average molecular weight is 698 g/mol. The van der Waals surface area contributed by atoms with Crippen LogP contribution in [0.15, 0.2) is 109 Å². The van der Waals surface area contributed by atoms with Crippen LogP contribution >= 0.6 is 11.3 Å². The standard InChI is InChI=1S/C44H38N2O2SSi/c1-7-29-23-25-31(28(4)41(29)33-15-12-18-36-43(33)49-44-45-34-16-8-9-17-35(34)46(36)44)30-24-22-26(2)40(27(30)3)32-14-13-20-38-42(32)47-37-19-10-11-21-39(37)50(5,6)48-38/h8-25H,7H2,1-6H3/i2D3,3D3,4D3,7D2. The van der Waals surface area contributed by atoms with Crippen LogP contribution in [0.3, 0.4) is 0 Å². The fourth-order valence-corrected chi connectivity index (χ4v) is 10.4. The van der Waals surface area contributed by atoms with Crippen molar-refractivity contribution in [1.82, 2.24) is 9.38 Å². The Morgan fingerprint density at radius 1 is 0.720 bits per heavy atom. The Morgan fingerprint density at radius 2 is 1.44 bits per heavy atom. The molecule has 3 heterocycles.